The number of hydrogen-bond donors (Lipinski definition) is 2. The molecule has 0 saturated carbocycles. The van der Waals surface area contributed by atoms with Crippen LogP contribution in [0.3, 0.4) is 0 Å². The Morgan fingerprint density at radius 2 is 1.73 bits per heavy atom. The third-order valence-electron chi connectivity index (χ3n) is 3.62. The first kappa shape index (κ1) is 17.8. The van der Waals surface area contributed by atoms with Crippen molar-refractivity contribution in [2.75, 3.05) is 14.2 Å². The van der Waals surface area contributed by atoms with Crippen molar-refractivity contribution in [1.29, 1.82) is 0 Å². The minimum Gasteiger partial charge on any atom is -0.493 e. The first-order valence-electron chi connectivity index (χ1n) is 7.48. The van der Waals surface area contributed by atoms with Crippen molar-refractivity contribution in [2.45, 2.75) is 4.90 Å². The summed E-state index contributed by atoms with van der Waals surface area (Å²) in [7, 11) is -1.06. The first-order chi connectivity index (χ1) is 12.5. The van der Waals surface area contributed by atoms with E-state index in [2.05, 4.69) is 5.43 Å². The number of carbonyl (C=O) groups excluding carboxylic acids is 1. The Morgan fingerprint density at radius 3 is 2.38 bits per heavy atom. The topological polar surface area (TPSA) is 107 Å². The van der Waals surface area contributed by atoms with Gasteiger partial charge in [0.15, 0.2) is 17.1 Å². The van der Waals surface area contributed by atoms with Crippen LogP contribution in [0.4, 0.5) is 0 Å². The van der Waals surface area contributed by atoms with Gasteiger partial charge in [-0.25, -0.2) is 8.42 Å². The van der Waals surface area contributed by atoms with E-state index >= 15 is 0 Å². The highest BCUT2D eigenvalue weighted by Crippen LogP contribution is 2.37. The molecule has 0 radical (unpaired) electrons. The quantitative estimate of drug-likeness (QED) is 0.638. The molecule has 1 heterocycles. The fourth-order valence-corrected chi connectivity index (χ4v) is 3.27. The average Bonchev–Trinajstić information content (AvgIpc) is 3.05. The van der Waals surface area contributed by atoms with Crippen LogP contribution in [-0.2, 0) is 10.0 Å². The lowest BCUT2D eigenvalue weighted by Gasteiger charge is -2.07. The van der Waals surface area contributed by atoms with Crippen molar-refractivity contribution >= 4 is 26.9 Å². The van der Waals surface area contributed by atoms with Crippen molar-refractivity contribution in [3.63, 3.8) is 0 Å². The minimum atomic E-state index is -3.91. The molecule has 0 bridgehead atoms. The predicted molar refractivity (Wildman–Crippen MR) is 93.5 cm³/mol. The number of nitrogens with one attached hydrogen (secondary N) is 2. The van der Waals surface area contributed by atoms with Crippen LogP contribution in [0.2, 0.25) is 0 Å². The van der Waals surface area contributed by atoms with Gasteiger partial charge in [0.2, 0.25) is 5.76 Å². The number of benzene rings is 2. The summed E-state index contributed by atoms with van der Waals surface area (Å²) >= 11 is 0. The first-order valence-corrected chi connectivity index (χ1v) is 8.97. The maximum atomic E-state index is 12.4. The number of methoxy groups -OCH3 is 2. The van der Waals surface area contributed by atoms with Crippen LogP contribution in [0.15, 0.2) is 57.8 Å². The van der Waals surface area contributed by atoms with Crippen LogP contribution in [-0.4, -0.2) is 28.5 Å². The smallest absolute Gasteiger partial charge is 0.305 e. The zero-order chi connectivity index (χ0) is 18.7. The maximum absolute atomic E-state index is 12.4. The van der Waals surface area contributed by atoms with Gasteiger partial charge in [0.1, 0.15) is 0 Å². The number of hydrazine groups is 1. The lowest BCUT2D eigenvalue weighted by atomic mass is 10.2. The molecule has 9 heteroatoms. The van der Waals surface area contributed by atoms with E-state index in [9.17, 15) is 13.2 Å². The molecule has 0 aliphatic rings. The van der Waals surface area contributed by atoms with Crippen LogP contribution < -0.4 is 19.7 Å². The van der Waals surface area contributed by atoms with Gasteiger partial charge in [-0.15, -0.1) is 4.83 Å². The number of furan rings is 1. The van der Waals surface area contributed by atoms with Crippen LogP contribution in [0.25, 0.3) is 11.0 Å². The Kier molecular flexibility index (Phi) is 4.83. The Bertz CT molecular complexity index is 1040. The van der Waals surface area contributed by atoms with Crippen LogP contribution in [0.1, 0.15) is 10.6 Å². The lowest BCUT2D eigenvalue weighted by molar-refractivity contribution is 0.0915. The van der Waals surface area contributed by atoms with Gasteiger partial charge in [-0.3, -0.25) is 10.2 Å². The van der Waals surface area contributed by atoms with E-state index < -0.39 is 15.9 Å². The summed E-state index contributed by atoms with van der Waals surface area (Å²) in [6.45, 7) is 0. The van der Waals surface area contributed by atoms with Crippen molar-refractivity contribution < 1.29 is 27.1 Å². The Balaban J connectivity index is 1.89. The summed E-state index contributed by atoms with van der Waals surface area (Å²) in [5, 5.41) is 0.530. The molecular formula is C17H16N2O6S. The average molecular weight is 376 g/mol. The number of rotatable bonds is 6. The minimum absolute atomic E-state index is 0.0125. The number of fused-ring (bicyclic) bond motifs is 1. The fourth-order valence-electron chi connectivity index (χ4n) is 2.41. The molecular weight excluding hydrogens is 360 g/mol. The third-order valence-corrected chi connectivity index (χ3v) is 4.88. The zero-order valence-electron chi connectivity index (χ0n) is 14.0. The highest BCUT2D eigenvalue weighted by molar-refractivity contribution is 7.89. The van der Waals surface area contributed by atoms with Gasteiger partial charge in [-0.1, -0.05) is 24.3 Å². The number of sulfonamides is 1. The van der Waals surface area contributed by atoms with E-state index in [1.54, 1.807) is 36.4 Å². The van der Waals surface area contributed by atoms with E-state index in [-0.39, 0.29) is 16.4 Å². The molecule has 0 unspecified atom stereocenters. The molecule has 26 heavy (non-hydrogen) atoms. The molecule has 0 aliphatic heterocycles. The summed E-state index contributed by atoms with van der Waals surface area (Å²) in [6.07, 6.45) is 0. The fraction of sp³-hybridized carbons (Fsp3) is 0.118. The summed E-state index contributed by atoms with van der Waals surface area (Å²) in [5.41, 5.74) is 2.44. The van der Waals surface area contributed by atoms with Crippen molar-refractivity contribution in [3.05, 3.63) is 54.3 Å². The van der Waals surface area contributed by atoms with Crippen molar-refractivity contribution in [2.24, 2.45) is 0 Å². The van der Waals surface area contributed by atoms with Crippen LogP contribution in [0.5, 0.6) is 11.5 Å². The third kappa shape index (κ3) is 3.22. The number of amides is 1. The second-order valence-electron chi connectivity index (χ2n) is 5.17. The molecule has 2 N–H and O–H groups in total. The monoisotopic (exact) mass is 376 g/mol. The van der Waals surface area contributed by atoms with E-state index in [1.165, 1.54) is 26.4 Å². The molecule has 136 valence electrons. The molecule has 0 aliphatic carbocycles. The molecule has 3 aromatic rings. The van der Waals surface area contributed by atoms with Gasteiger partial charge in [-0.05, 0) is 24.3 Å². The molecule has 0 saturated heterocycles. The van der Waals surface area contributed by atoms with E-state index in [1.807, 2.05) is 4.83 Å². The van der Waals surface area contributed by atoms with Gasteiger partial charge in [0.25, 0.3) is 10.0 Å². The Hall–Kier alpha value is -3.04. The molecule has 0 fully saturated rings. The number of para-hydroxylation sites is 1. The number of ether oxygens (including phenoxy) is 2. The van der Waals surface area contributed by atoms with Gasteiger partial charge >= 0.3 is 5.91 Å². The van der Waals surface area contributed by atoms with Crippen LogP contribution >= 0.6 is 0 Å². The van der Waals surface area contributed by atoms with Gasteiger partial charge in [0, 0.05) is 0 Å². The molecule has 1 aromatic heterocycles. The van der Waals surface area contributed by atoms with Crippen molar-refractivity contribution in [3.8, 4) is 11.5 Å². The zero-order valence-corrected chi connectivity index (χ0v) is 14.8. The van der Waals surface area contributed by atoms with Crippen molar-refractivity contribution in [1.82, 2.24) is 10.3 Å². The Labute approximate surface area is 149 Å². The lowest BCUT2D eigenvalue weighted by Crippen LogP contribution is -2.41. The highest BCUT2D eigenvalue weighted by Gasteiger charge is 2.25. The summed E-state index contributed by atoms with van der Waals surface area (Å²) in [4.78, 5) is 14.5. The Morgan fingerprint density at radius 1 is 1.00 bits per heavy atom. The van der Waals surface area contributed by atoms with Gasteiger partial charge in [-0.2, -0.15) is 0 Å². The second kappa shape index (κ2) is 7.06. The summed E-state index contributed by atoms with van der Waals surface area (Å²) in [5.74, 6) is -0.387. The SMILES string of the molecule is COc1c(C(=O)NNS(=O)(=O)c2ccccc2)oc2c(OC)cccc12. The molecule has 8 nitrogen and oxygen atoms in total. The molecule has 0 atom stereocenters. The van der Waals surface area contributed by atoms with E-state index in [0.717, 1.165) is 0 Å². The normalized spacial score (nSPS) is 11.3. The predicted octanol–water partition coefficient (Wildman–Crippen LogP) is 2.07. The number of carbonyl (C=O) groups is 1. The molecule has 2 aromatic carbocycles. The molecule has 0 spiro atoms. The van der Waals surface area contributed by atoms with Gasteiger partial charge < -0.3 is 13.9 Å². The summed E-state index contributed by atoms with van der Waals surface area (Å²) in [6, 6.07) is 12.7. The number of hydrogen-bond acceptors (Lipinski definition) is 6. The van der Waals surface area contributed by atoms with Gasteiger partial charge in [0.05, 0.1) is 24.5 Å². The standard InChI is InChI=1S/C17H16N2O6S/c1-23-13-10-6-9-12-14(13)25-16(15(12)24-2)17(20)18-19-26(21,22)11-7-4-3-5-8-11/h3-10,19H,1-2H3,(H,18,20). The maximum Gasteiger partial charge on any atom is 0.305 e. The second-order valence-corrected chi connectivity index (χ2v) is 6.86. The van der Waals surface area contributed by atoms with Crippen LogP contribution in [0, 0.1) is 0 Å². The van der Waals surface area contributed by atoms with E-state index in [4.69, 9.17) is 13.9 Å². The largest absolute Gasteiger partial charge is 0.493 e. The molecule has 3 rings (SSSR count). The summed E-state index contributed by atoms with van der Waals surface area (Å²) < 4.78 is 40.4. The molecule has 1 amide bonds. The highest BCUT2D eigenvalue weighted by atomic mass is 32.2. The van der Waals surface area contributed by atoms with E-state index in [0.29, 0.717) is 16.7 Å².